The summed E-state index contributed by atoms with van der Waals surface area (Å²) >= 11 is 0. The van der Waals surface area contributed by atoms with Gasteiger partial charge in [-0.25, -0.2) is 10.8 Å². The summed E-state index contributed by atoms with van der Waals surface area (Å²) < 4.78 is 5.17. The smallest absolute Gasteiger partial charge is 0.210 e. The molecule has 2 rings (SSSR count). The first kappa shape index (κ1) is 12.7. The van der Waals surface area contributed by atoms with Crippen molar-refractivity contribution in [3.8, 4) is 5.75 Å². The summed E-state index contributed by atoms with van der Waals surface area (Å²) in [5.74, 6) is 6.90. The van der Waals surface area contributed by atoms with Crippen LogP contribution in [0.4, 0.5) is 5.69 Å². The summed E-state index contributed by atoms with van der Waals surface area (Å²) in [5.41, 5.74) is 3.52. The molecule has 4 N–H and O–H groups in total. The average molecular weight is 248 g/mol. The van der Waals surface area contributed by atoms with E-state index in [1.54, 1.807) is 7.11 Å². The summed E-state index contributed by atoms with van der Waals surface area (Å²) in [5, 5.41) is 3.16. The van der Waals surface area contributed by atoms with Gasteiger partial charge in [0.25, 0.3) is 0 Å². The number of hydrogen-bond acceptors (Lipinski definition) is 3. The molecule has 1 aromatic carbocycles. The molecule has 18 heavy (non-hydrogen) atoms. The summed E-state index contributed by atoms with van der Waals surface area (Å²) in [6, 6.07) is 8.06. The Labute approximate surface area is 107 Å². The third-order valence-electron chi connectivity index (χ3n) is 3.11. The van der Waals surface area contributed by atoms with Crippen LogP contribution in [-0.4, -0.2) is 19.1 Å². The van der Waals surface area contributed by atoms with Gasteiger partial charge in [0.15, 0.2) is 0 Å². The fourth-order valence-electron chi connectivity index (χ4n) is 2.16. The van der Waals surface area contributed by atoms with Gasteiger partial charge in [-0.1, -0.05) is 18.9 Å². The number of benzene rings is 1. The van der Waals surface area contributed by atoms with E-state index in [1.807, 2.05) is 24.3 Å². The van der Waals surface area contributed by atoms with E-state index in [2.05, 4.69) is 15.7 Å². The van der Waals surface area contributed by atoms with Crippen LogP contribution in [0, 0.1) is 0 Å². The molecule has 1 aromatic rings. The zero-order valence-corrected chi connectivity index (χ0v) is 10.6. The zero-order chi connectivity index (χ0) is 12.8. The van der Waals surface area contributed by atoms with Crippen LogP contribution in [-0.2, 0) is 0 Å². The lowest BCUT2D eigenvalue weighted by molar-refractivity contribution is 0.415. The fraction of sp³-hybridized carbons (Fsp3) is 0.462. The van der Waals surface area contributed by atoms with E-state index in [4.69, 9.17) is 10.6 Å². The first-order valence-corrected chi connectivity index (χ1v) is 6.27. The molecule has 0 bridgehead atoms. The predicted octanol–water partition coefficient (Wildman–Crippen LogP) is 1.87. The molecule has 98 valence electrons. The Balaban J connectivity index is 2.04. The molecule has 0 atom stereocenters. The molecule has 0 amide bonds. The molecule has 0 heterocycles. The molecule has 5 nitrogen and oxygen atoms in total. The van der Waals surface area contributed by atoms with Crippen molar-refractivity contribution in [2.75, 3.05) is 12.4 Å². The molecule has 0 saturated heterocycles. The van der Waals surface area contributed by atoms with E-state index in [0.29, 0.717) is 12.0 Å². The number of nitrogens with one attached hydrogen (secondary N) is 2. The number of aliphatic imine (C=N–C) groups is 1. The van der Waals surface area contributed by atoms with E-state index in [9.17, 15) is 0 Å². The number of guanidine groups is 1. The van der Waals surface area contributed by atoms with Crippen molar-refractivity contribution in [2.45, 2.75) is 31.7 Å². The highest BCUT2D eigenvalue weighted by Gasteiger charge is 2.14. The number of nitrogens with two attached hydrogens (primary N) is 1. The zero-order valence-electron chi connectivity index (χ0n) is 10.6. The monoisotopic (exact) mass is 248 g/mol. The minimum atomic E-state index is 0.383. The quantitative estimate of drug-likeness (QED) is 0.330. The minimum absolute atomic E-state index is 0.383. The number of anilines is 1. The van der Waals surface area contributed by atoms with E-state index in [1.165, 1.54) is 12.8 Å². The third kappa shape index (κ3) is 3.37. The van der Waals surface area contributed by atoms with Crippen LogP contribution in [0.15, 0.2) is 29.3 Å². The Hall–Kier alpha value is -1.75. The van der Waals surface area contributed by atoms with Gasteiger partial charge in [-0.15, -0.1) is 0 Å². The second-order valence-electron chi connectivity index (χ2n) is 4.42. The van der Waals surface area contributed by atoms with Crippen LogP contribution >= 0.6 is 0 Å². The van der Waals surface area contributed by atoms with Gasteiger partial charge in [0.1, 0.15) is 5.75 Å². The van der Waals surface area contributed by atoms with E-state index in [-0.39, 0.29) is 0 Å². The van der Waals surface area contributed by atoms with Crippen molar-refractivity contribution >= 4 is 11.6 Å². The molecule has 1 saturated carbocycles. The van der Waals surface area contributed by atoms with Crippen LogP contribution in [0.25, 0.3) is 0 Å². The van der Waals surface area contributed by atoms with Gasteiger partial charge in [0, 0.05) is 11.8 Å². The maximum atomic E-state index is 5.49. The van der Waals surface area contributed by atoms with Gasteiger partial charge in [0.05, 0.1) is 13.2 Å². The van der Waals surface area contributed by atoms with Crippen molar-refractivity contribution in [1.82, 2.24) is 5.43 Å². The first-order valence-electron chi connectivity index (χ1n) is 6.27. The van der Waals surface area contributed by atoms with Gasteiger partial charge in [0.2, 0.25) is 5.96 Å². The first-order chi connectivity index (χ1) is 8.81. The van der Waals surface area contributed by atoms with Gasteiger partial charge in [-0.2, -0.15) is 0 Å². The molecule has 1 aliphatic rings. The Morgan fingerprint density at radius 3 is 2.83 bits per heavy atom. The molecule has 0 spiro atoms. The highest BCUT2D eigenvalue weighted by molar-refractivity contribution is 5.93. The number of ether oxygens (including phenoxy) is 1. The lowest BCUT2D eigenvalue weighted by Crippen LogP contribution is -2.37. The minimum Gasteiger partial charge on any atom is -0.497 e. The third-order valence-corrected chi connectivity index (χ3v) is 3.11. The van der Waals surface area contributed by atoms with Gasteiger partial charge in [-0.3, -0.25) is 5.43 Å². The summed E-state index contributed by atoms with van der Waals surface area (Å²) in [6.45, 7) is 0. The van der Waals surface area contributed by atoms with Crippen molar-refractivity contribution < 1.29 is 4.74 Å². The number of hydrogen-bond donors (Lipinski definition) is 3. The highest BCUT2D eigenvalue weighted by Crippen LogP contribution is 2.21. The standard InChI is InChI=1S/C13H20N4O/c1-18-12-8-4-7-11(9-12)16-13(17-14)15-10-5-2-3-6-10/h4,7-10H,2-3,5-6,14H2,1H3,(H2,15,16,17). The fourth-order valence-corrected chi connectivity index (χ4v) is 2.16. The van der Waals surface area contributed by atoms with Crippen LogP contribution in [0.3, 0.4) is 0 Å². The summed E-state index contributed by atoms with van der Waals surface area (Å²) in [4.78, 5) is 4.57. The predicted molar refractivity (Wildman–Crippen MR) is 73.6 cm³/mol. The number of hydrazine groups is 1. The maximum absolute atomic E-state index is 5.49. The molecular formula is C13H20N4O. The van der Waals surface area contributed by atoms with Crippen molar-refractivity contribution in [3.05, 3.63) is 24.3 Å². The normalized spacial score (nSPS) is 16.7. The molecule has 0 aliphatic heterocycles. The SMILES string of the molecule is COc1cccc(NC(=NC2CCCC2)NN)c1. The van der Waals surface area contributed by atoms with Crippen molar-refractivity contribution in [2.24, 2.45) is 10.8 Å². The molecule has 5 heteroatoms. The van der Waals surface area contributed by atoms with Gasteiger partial charge >= 0.3 is 0 Å². The number of methoxy groups -OCH3 is 1. The van der Waals surface area contributed by atoms with Crippen molar-refractivity contribution in [1.29, 1.82) is 0 Å². The maximum Gasteiger partial charge on any atom is 0.210 e. The largest absolute Gasteiger partial charge is 0.497 e. The van der Waals surface area contributed by atoms with Crippen molar-refractivity contribution in [3.63, 3.8) is 0 Å². The highest BCUT2D eigenvalue weighted by atomic mass is 16.5. The summed E-state index contributed by atoms with van der Waals surface area (Å²) in [6.07, 6.45) is 4.80. The molecule has 0 unspecified atom stereocenters. The number of nitrogens with zero attached hydrogens (tertiary/aromatic N) is 1. The Morgan fingerprint density at radius 2 is 2.17 bits per heavy atom. The lowest BCUT2D eigenvalue weighted by Gasteiger charge is -2.12. The van der Waals surface area contributed by atoms with Crippen LogP contribution in [0.5, 0.6) is 5.75 Å². The summed E-state index contributed by atoms with van der Waals surface area (Å²) in [7, 11) is 1.65. The van der Waals surface area contributed by atoms with Crippen LogP contribution in [0.1, 0.15) is 25.7 Å². The van der Waals surface area contributed by atoms with Gasteiger partial charge < -0.3 is 10.1 Å². The van der Waals surface area contributed by atoms with E-state index < -0.39 is 0 Å². The topological polar surface area (TPSA) is 71.7 Å². The average Bonchev–Trinajstić information content (AvgIpc) is 2.91. The molecular weight excluding hydrogens is 228 g/mol. The lowest BCUT2D eigenvalue weighted by atomic mass is 10.3. The Kier molecular flexibility index (Phi) is 4.41. The number of rotatable bonds is 3. The van der Waals surface area contributed by atoms with Gasteiger partial charge in [-0.05, 0) is 25.0 Å². The second kappa shape index (κ2) is 6.26. The molecule has 0 radical (unpaired) electrons. The molecule has 1 aliphatic carbocycles. The Bertz CT molecular complexity index is 413. The molecule has 1 fully saturated rings. The van der Waals surface area contributed by atoms with E-state index >= 15 is 0 Å². The second-order valence-corrected chi connectivity index (χ2v) is 4.42. The van der Waals surface area contributed by atoms with E-state index in [0.717, 1.165) is 24.3 Å². The molecule has 0 aromatic heterocycles. The van der Waals surface area contributed by atoms with Crippen LogP contribution < -0.4 is 21.3 Å². The Morgan fingerprint density at radius 1 is 1.39 bits per heavy atom. The van der Waals surface area contributed by atoms with Crippen LogP contribution in [0.2, 0.25) is 0 Å².